The van der Waals surface area contributed by atoms with Gasteiger partial charge in [-0.05, 0) is 19.3 Å². The summed E-state index contributed by atoms with van der Waals surface area (Å²) in [7, 11) is 0. The first-order valence-electron chi connectivity index (χ1n) is 3.90. The SMILES string of the molecule is N[C@@H]1CCC[C@](O)(C(F)(F)F)C1. The predicted molar refractivity (Wildman–Crippen MR) is 37.4 cm³/mol. The fourth-order valence-corrected chi connectivity index (χ4v) is 1.55. The molecule has 2 atom stereocenters. The number of aliphatic hydroxyl groups is 1. The third kappa shape index (κ3) is 1.72. The molecule has 0 spiro atoms. The van der Waals surface area contributed by atoms with E-state index in [9.17, 15) is 18.3 Å². The lowest BCUT2D eigenvalue weighted by molar-refractivity contribution is -0.270. The quantitative estimate of drug-likeness (QED) is 0.592. The van der Waals surface area contributed by atoms with Crippen molar-refractivity contribution in [1.29, 1.82) is 0 Å². The van der Waals surface area contributed by atoms with Gasteiger partial charge in [0, 0.05) is 12.5 Å². The van der Waals surface area contributed by atoms with Gasteiger partial charge in [-0.25, -0.2) is 0 Å². The van der Waals surface area contributed by atoms with Crippen LogP contribution in [0.5, 0.6) is 0 Å². The van der Waals surface area contributed by atoms with E-state index in [1.807, 2.05) is 0 Å². The Morgan fingerprint density at radius 1 is 1.42 bits per heavy atom. The Morgan fingerprint density at radius 2 is 2.00 bits per heavy atom. The number of hydrogen-bond acceptors (Lipinski definition) is 2. The maximum atomic E-state index is 12.2. The molecule has 1 rings (SSSR count). The first-order valence-corrected chi connectivity index (χ1v) is 3.90. The number of nitrogens with two attached hydrogens (primary N) is 1. The molecule has 1 aliphatic carbocycles. The maximum Gasteiger partial charge on any atom is 0.417 e. The van der Waals surface area contributed by atoms with Crippen molar-refractivity contribution in [3.05, 3.63) is 0 Å². The van der Waals surface area contributed by atoms with Gasteiger partial charge in [-0.15, -0.1) is 0 Å². The molecule has 0 saturated heterocycles. The van der Waals surface area contributed by atoms with Gasteiger partial charge in [0.15, 0.2) is 5.60 Å². The standard InChI is InChI=1S/C7H12F3NO/c8-7(9,10)6(12)3-1-2-5(11)4-6/h5,12H,1-4,11H2/t5-,6-/m1/s1. The lowest BCUT2D eigenvalue weighted by Crippen LogP contribution is -2.51. The molecule has 2 nitrogen and oxygen atoms in total. The zero-order valence-corrected chi connectivity index (χ0v) is 6.56. The monoisotopic (exact) mass is 183 g/mol. The second-order valence-electron chi connectivity index (χ2n) is 3.39. The number of rotatable bonds is 0. The summed E-state index contributed by atoms with van der Waals surface area (Å²) in [6.45, 7) is 0. The highest BCUT2D eigenvalue weighted by Crippen LogP contribution is 2.40. The summed E-state index contributed by atoms with van der Waals surface area (Å²) >= 11 is 0. The third-order valence-corrected chi connectivity index (χ3v) is 2.29. The van der Waals surface area contributed by atoms with E-state index in [1.54, 1.807) is 0 Å². The van der Waals surface area contributed by atoms with Gasteiger partial charge in [0.05, 0.1) is 0 Å². The Labute approximate surface area is 68.6 Å². The van der Waals surface area contributed by atoms with E-state index in [4.69, 9.17) is 5.73 Å². The Bertz CT molecular complexity index is 171. The lowest BCUT2D eigenvalue weighted by Gasteiger charge is -2.36. The molecule has 3 N–H and O–H groups in total. The van der Waals surface area contributed by atoms with E-state index < -0.39 is 17.8 Å². The Hall–Kier alpha value is -0.290. The van der Waals surface area contributed by atoms with E-state index in [2.05, 4.69) is 0 Å². The minimum atomic E-state index is -4.54. The molecular weight excluding hydrogens is 171 g/mol. The van der Waals surface area contributed by atoms with Gasteiger partial charge in [0.25, 0.3) is 0 Å². The number of halogens is 3. The molecule has 5 heteroatoms. The minimum Gasteiger partial charge on any atom is -0.380 e. The molecule has 0 bridgehead atoms. The van der Waals surface area contributed by atoms with Crippen molar-refractivity contribution < 1.29 is 18.3 Å². The van der Waals surface area contributed by atoms with E-state index in [0.29, 0.717) is 12.8 Å². The van der Waals surface area contributed by atoms with Crippen molar-refractivity contribution in [1.82, 2.24) is 0 Å². The fraction of sp³-hybridized carbons (Fsp3) is 1.00. The van der Waals surface area contributed by atoms with Crippen LogP contribution in [0.1, 0.15) is 25.7 Å². The molecule has 1 saturated carbocycles. The van der Waals surface area contributed by atoms with Crippen LogP contribution >= 0.6 is 0 Å². The molecule has 0 unspecified atom stereocenters. The van der Waals surface area contributed by atoms with Crippen LogP contribution in [0.3, 0.4) is 0 Å². The molecule has 1 aliphatic rings. The van der Waals surface area contributed by atoms with Crippen molar-refractivity contribution in [3.8, 4) is 0 Å². The lowest BCUT2D eigenvalue weighted by atomic mass is 9.82. The van der Waals surface area contributed by atoms with Crippen LogP contribution in [0.4, 0.5) is 13.2 Å². The first-order chi connectivity index (χ1) is 5.35. The van der Waals surface area contributed by atoms with Gasteiger partial charge in [-0.1, -0.05) is 0 Å². The summed E-state index contributed by atoms with van der Waals surface area (Å²) in [6, 6.07) is -0.523. The molecule has 0 radical (unpaired) electrons. The zero-order chi connectivity index (χ0) is 9.41. The number of hydrogen-bond donors (Lipinski definition) is 2. The Kier molecular flexibility index (Phi) is 2.35. The van der Waals surface area contributed by atoms with Crippen LogP contribution in [-0.2, 0) is 0 Å². The maximum absolute atomic E-state index is 12.2. The molecule has 1 fully saturated rings. The van der Waals surface area contributed by atoms with Crippen LogP contribution < -0.4 is 5.73 Å². The zero-order valence-electron chi connectivity index (χ0n) is 6.56. The minimum absolute atomic E-state index is 0.218. The summed E-state index contributed by atoms with van der Waals surface area (Å²) in [5.41, 5.74) is 2.81. The van der Waals surface area contributed by atoms with Crippen molar-refractivity contribution in [2.24, 2.45) is 5.73 Å². The van der Waals surface area contributed by atoms with E-state index >= 15 is 0 Å². The highest BCUT2D eigenvalue weighted by molar-refractivity contribution is 4.93. The summed E-state index contributed by atoms with van der Waals surface area (Å²) in [6.07, 6.45) is -4.21. The largest absolute Gasteiger partial charge is 0.417 e. The molecule has 12 heavy (non-hydrogen) atoms. The van der Waals surface area contributed by atoms with Crippen molar-refractivity contribution >= 4 is 0 Å². The van der Waals surface area contributed by atoms with Crippen LogP contribution in [0, 0.1) is 0 Å². The van der Waals surface area contributed by atoms with Gasteiger partial charge >= 0.3 is 6.18 Å². The van der Waals surface area contributed by atoms with Crippen molar-refractivity contribution in [2.45, 2.75) is 43.5 Å². The molecule has 0 aromatic rings. The second-order valence-corrected chi connectivity index (χ2v) is 3.39. The third-order valence-electron chi connectivity index (χ3n) is 2.29. The van der Waals surface area contributed by atoms with Gasteiger partial charge in [-0.2, -0.15) is 13.2 Å². The Balaban J connectivity index is 2.70. The Morgan fingerprint density at radius 3 is 2.33 bits per heavy atom. The van der Waals surface area contributed by atoms with Crippen LogP contribution in [0.25, 0.3) is 0 Å². The van der Waals surface area contributed by atoms with Gasteiger partial charge < -0.3 is 10.8 Å². The summed E-state index contributed by atoms with van der Waals surface area (Å²) in [5.74, 6) is 0. The topological polar surface area (TPSA) is 46.2 Å². The predicted octanol–water partition coefficient (Wildman–Crippen LogP) is 1.18. The normalized spacial score (nSPS) is 38.2. The molecule has 0 aromatic carbocycles. The summed E-state index contributed by atoms with van der Waals surface area (Å²) in [4.78, 5) is 0. The average Bonchev–Trinajstić information content (AvgIpc) is 1.83. The molecular formula is C7H12F3NO. The van der Waals surface area contributed by atoms with Gasteiger partial charge in [0.2, 0.25) is 0 Å². The smallest absolute Gasteiger partial charge is 0.380 e. The van der Waals surface area contributed by atoms with Crippen LogP contribution in [0.2, 0.25) is 0 Å². The molecule has 0 aromatic heterocycles. The van der Waals surface area contributed by atoms with Crippen molar-refractivity contribution in [3.63, 3.8) is 0 Å². The van der Waals surface area contributed by atoms with Gasteiger partial charge in [-0.3, -0.25) is 0 Å². The van der Waals surface area contributed by atoms with Crippen molar-refractivity contribution in [2.75, 3.05) is 0 Å². The van der Waals surface area contributed by atoms with E-state index in [1.165, 1.54) is 0 Å². The molecule has 72 valence electrons. The van der Waals surface area contributed by atoms with Crippen LogP contribution in [0.15, 0.2) is 0 Å². The average molecular weight is 183 g/mol. The highest BCUT2D eigenvalue weighted by atomic mass is 19.4. The highest BCUT2D eigenvalue weighted by Gasteiger charge is 2.54. The summed E-state index contributed by atoms with van der Waals surface area (Å²) < 4.78 is 36.6. The number of alkyl halides is 3. The van der Waals surface area contributed by atoms with Gasteiger partial charge in [0.1, 0.15) is 0 Å². The van der Waals surface area contributed by atoms with Crippen LogP contribution in [-0.4, -0.2) is 22.9 Å². The first kappa shape index (κ1) is 9.80. The second kappa shape index (κ2) is 2.88. The summed E-state index contributed by atoms with van der Waals surface area (Å²) in [5, 5.41) is 9.17. The molecule has 0 aliphatic heterocycles. The molecule has 0 heterocycles. The molecule has 0 amide bonds. The van der Waals surface area contributed by atoms with E-state index in [-0.39, 0.29) is 12.8 Å². The van der Waals surface area contributed by atoms with E-state index in [0.717, 1.165) is 0 Å². The fourth-order valence-electron chi connectivity index (χ4n) is 1.55.